The molecular weight excluding hydrogens is 318 g/mol. The number of carbonyl (C=O) groups excluding carboxylic acids is 2. The van der Waals surface area contributed by atoms with E-state index in [0.717, 1.165) is 12.1 Å². The Morgan fingerprint density at radius 1 is 1.42 bits per heavy atom. The summed E-state index contributed by atoms with van der Waals surface area (Å²) in [5.74, 6) is -2.37. The van der Waals surface area contributed by atoms with Crippen LogP contribution in [0.15, 0.2) is 18.2 Å². The van der Waals surface area contributed by atoms with Gasteiger partial charge in [-0.05, 0) is 30.5 Å². The summed E-state index contributed by atoms with van der Waals surface area (Å²) in [5, 5.41) is 3.01. The van der Waals surface area contributed by atoms with Gasteiger partial charge in [0, 0.05) is 32.5 Å². The lowest BCUT2D eigenvalue weighted by Gasteiger charge is -2.39. The fraction of sp³-hybridized carbons (Fsp3) is 0.529. The first-order valence-electron chi connectivity index (χ1n) is 7.98. The third-order valence-electron chi connectivity index (χ3n) is 4.92. The zero-order valence-corrected chi connectivity index (χ0v) is 13.5. The van der Waals surface area contributed by atoms with E-state index in [1.165, 1.54) is 13.2 Å². The van der Waals surface area contributed by atoms with Crippen molar-refractivity contribution in [1.29, 1.82) is 0 Å². The molecule has 2 aliphatic rings. The number of nitrogens with one attached hydrogen (secondary N) is 1. The van der Waals surface area contributed by atoms with Crippen molar-refractivity contribution in [3.63, 3.8) is 0 Å². The summed E-state index contributed by atoms with van der Waals surface area (Å²) in [6.07, 6.45) is 1.84. The van der Waals surface area contributed by atoms with Gasteiger partial charge in [0.1, 0.15) is 6.61 Å². The van der Waals surface area contributed by atoms with E-state index in [2.05, 4.69) is 5.32 Å². The van der Waals surface area contributed by atoms with E-state index < -0.39 is 17.2 Å². The molecule has 2 atom stereocenters. The number of rotatable bonds is 3. The number of nitrogens with zero attached hydrogens (tertiary/aromatic N) is 1. The number of carbonyl (C=O) groups is 2. The first-order valence-corrected chi connectivity index (χ1v) is 7.98. The molecule has 0 unspecified atom stereocenters. The zero-order valence-electron chi connectivity index (χ0n) is 13.5. The van der Waals surface area contributed by atoms with Crippen LogP contribution in [0.5, 0.6) is 0 Å². The smallest absolute Gasteiger partial charge is 0.248 e. The zero-order chi connectivity index (χ0) is 17.3. The Hall–Kier alpha value is -2.02. The largest absolute Gasteiger partial charge is 0.375 e. The summed E-state index contributed by atoms with van der Waals surface area (Å²) >= 11 is 0. The molecular formula is C17H20F2N2O3. The van der Waals surface area contributed by atoms with Crippen LogP contribution in [-0.2, 0) is 14.3 Å². The molecule has 0 aromatic heterocycles. The van der Waals surface area contributed by atoms with Crippen LogP contribution in [0, 0.1) is 11.6 Å². The first kappa shape index (κ1) is 16.8. The van der Waals surface area contributed by atoms with E-state index in [-0.39, 0.29) is 24.3 Å². The van der Waals surface area contributed by atoms with Crippen LogP contribution in [-0.4, -0.2) is 49.1 Å². The average molecular weight is 338 g/mol. The lowest BCUT2D eigenvalue weighted by molar-refractivity contribution is -0.135. The maximum Gasteiger partial charge on any atom is 0.248 e. The highest BCUT2D eigenvalue weighted by molar-refractivity contribution is 5.80. The van der Waals surface area contributed by atoms with Crippen LogP contribution in [0.3, 0.4) is 0 Å². The van der Waals surface area contributed by atoms with Crippen molar-refractivity contribution in [2.45, 2.75) is 30.7 Å². The second-order valence-corrected chi connectivity index (χ2v) is 6.49. The molecule has 3 rings (SSSR count). The van der Waals surface area contributed by atoms with Crippen LogP contribution < -0.4 is 5.32 Å². The molecule has 1 aromatic rings. The van der Waals surface area contributed by atoms with Crippen LogP contribution in [0.25, 0.3) is 0 Å². The van der Waals surface area contributed by atoms with Gasteiger partial charge in [-0.15, -0.1) is 0 Å². The summed E-state index contributed by atoms with van der Waals surface area (Å²) in [7, 11) is 1.44. The summed E-state index contributed by atoms with van der Waals surface area (Å²) in [6.45, 7) is 0.646. The van der Waals surface area contributed by atoms with Crippen molar-refractivity contribution in [2.75, 3.05) is 26.8 Å². The Bertz CT molecular complexity index is 667. The average Bonchev–Trinajstić information content (AvgIpc) is 2.89. The molecule has 24 heavy (non-hydrogen) atoms. The quantitative estimate of drug-likeness (QED) is 0.910. The highest BCUT2D eigenvalue weighted by Gasteiger charge is 2.50. The van der Waals surface area contributed by atoms with Gasteiger partial charge >= 0.3 is 0 Å². The normalized spacial score (nSPS) is 26.7. The topological polar surface area (TPSA) is 58.6 Å². The van der Waals surface area contributed by atoms with Gasteiger partial charge in [0.05, 0.1) is 5.54 Å². The van der Waals surface area contributed by atoms with Gasteiger partial charge in [0.15, 0.2) is 11.6 Å². The first-order chi connectivity index (χ1) is 11.4. The molecule has 130 valence electrons. The van der Waals surface area contributed by atoms with Gasteiger partial charge in [0.2, 0.25) is 11.8 Å². The molecule has 0 bridgehead atoms. The highest BCUT2D eigenvalue weighted by atomic mass is 19.2. The standard InChI is InChI=1S/C17H20F2N2O3/c1-24-9-16(23)21-8-12(11-4-5-13(18)14(19)7-11)17(10-21)6-2-3-15(22)20-17/h4-5,7,12H,2-3,6,8-10H2,1H3,(H,20,22)/t12-,17+/m0/s1. The Morgan fingerprint density at radius 2 is 2.21 bits per heavy atom. The third-order valence-corrected chi connectivity index (χ3v) is 4.92. The van der Waals surface area contributed by atoms with E-state index in [1.807, 2.05) is 0 Å². The van der Waals surface area contributed by atoms with E-state index in [1.54, 1.807) is 4.90 Å². The van der Waals surface area contributed by atoms with Gasteiger partial charge in [0.25, 0.3) is 0 Å². The molecule has 1 spiro atoms. The summed E-state index contributed by atoms with van der Waals surface area (Å²) in [5.41, 5.74) is -0.0490. The number of benzene rings is 1. The third kappa shape index (κ3) is 3.00. The fourth-order valence-electron chi connectivity index (χ4n) is 3.82. The van der Waals surface area contributed by atoms with Gasteiger partial charge < -0.3 is 15.0 Å². The number of methoxy groups -OCH3 is 1. The van der Waals surface area contributed by atoms with Crippen LogP contribution in [0.4, 0.5) is 8.78 Å². The lowest BCUT2D eigenvalue weighted by atomic mass is 9.76. The van der Waals surface area contributed by atoms with Crippen molar-refractivity contribution >= 4 is 11.8 Å². The lowest BCUT2D eigenvalue weighted by Crippen LogP contribution is -2.56. The van der Waals surface area contributed by atoms with E-state index in [9.17, 15) is 18.4 Å². The Labute approximate surface area is 139 Å². The molecule has 5 nitrogen and oxygen atoms in total. The van der Waals surface area contributed by atoms with Crippen molar-refractivity contribution in [3.8, 4) is 0 Å². The number of hydrogen-bond acceptors (Lipinski definition) is 3. The Kier molecular flexibility index (Phi) is 4.54. The van der Waals surface area contributed by atoms with Crippen LogP contribution in [0.1, 0.15) is 30.7 Å². The number of hydrogen-bond donors (Lipinski definition) is 1. The molecule has 2 amide bonds. The van der Waals surface area contributed by atoms with Gasteiger partial charge in [-0.3, -0.25) is 9.59 Å². The Balaban J connectivity index is 1.94. The minimum absolute atomic E-state index is 0.0471. The van der Waals surface area contributed by atoms with Crippen molar-refractivity contribution < 1.29 is 23.1 Å². The van der Waals surface area contributed by atoms with E-state index in [4.69, 9.17) is 4.74 Å². The van der Waals surface area contributed by atoms with Crippen molar-refractivity contribution in [3.05, 3.63) is 35.4 Å². The molecule has 2 heterocycles. The molecule has 2 saturated heterocycles. The summed E-state index contributed by atoms with van der Waals surface area (Å²) in [4.78, 5) is 25.8. The molecule has 0 aliphatic carbocycles. The molecule has 0 radical (unpaired) electrons. The van der Waals surface area contributed by atoms with Crippen LogP contribution >= 0.6 is 0 Å². The molecule has 2 aliphatic heterocycles. The van der Waals surface area contributed by atoms with Gasteiger partial charge in [-0.25, -0.2) is 8.78 Å². The van der Waals surface area contributed by atoms with E-state index in [0.29, 0.717) is 37.9 Å². The molecule has 7 heteroatoms. The predicted octanol–water partition coefficient (Wildman–Crippen LogP) is 1.58. The van der Waals surface area contributed by atoms with E-state index >= 15 is 0 Å². The predicted molar refractivity (Wildman–Crippen MR) is 82.3 cm³/mol. The van der Waals surface area contributed by atoms with Gasteiger partial charge in [-0.1, -0.05) is 6.07 Å². The monoisotopic (exact) mass is 338 g/mol. The van der Waals surface area contributed by atoms with Gasteiger partial charge in [-0.2, -0.15) is 0 Å². The second-order valence-electron chi connectivity index (χ2n) is 6.49. The maximum absolute atomic E-state index is 13.7. The van der Waals surface area contributed by atoms with Crippen LogP contribution in [0.2, 0.25) is 0 Å². The number of likely N-dealkylation sites (tertiary alicyclic amines) is 1. The minimum Gasteiger partial charge on any atom is -0.375 e. The highest BCUT2D eigenvalue weighted by Crippen LogP contribution is 2.41. The fourth-order valence-corrected chi connectivity index (χ4v) is 3.82. The molecule has 1 aromatic carbocycles. The summed E-state index contributed by atoms with van der Waals surface area (Å²) < 4.78 is 31.8. The number of ether oxygens (including phenoxy) is 1. The molecule has 2 fully saturated rings. The molecule has 1 N–H and O–H groups in total. The summed E-state index contributed by atoms with van der Waals surface area (Å²) in [6, 6.07) is 3.77. The van der Waals surface area contributed by atoms with Crippen molar-refractivity contribution in [1.82, 2.24) is 10.2 Å². The second kappa shape index (κ2) is 6.47. The number of amides is 2. The number of halogens is 2. The maximum atomic E-state index is 13.7. The SMILES string of the molecule is COCC(=O)N1C[C@@H](c2ccc(F)c(F)c2)[C@@]2(CCCC(=O)N2)C1. The Morgan fingerprint density at radius 3 is 2.88 bits per heavy atom. The van der Waals surface area contributed by atoms with Crippen molar-refractivity contribution in [2.24, 2.45) is 0 Å². The minimum atomic E-state index is -0.925. The molecule has 0 saturated carbocycles. The number of piperidine rings is 1.